The molecule has 1 aliphatic heterocycles. The van der Waals surface area contributed by atoms with Crippen molar-refractivity contribution in [1.29, 1.82) is 0 Å². The Morgan fingerprint density at radius 1 is 1.00 bits per heavy atom. The fourth-order valence-corrected chi connectivity index (χ4v) is 4.77. The summed E-state index contributed by atoms with van der Waals surface area (Å²) in [7, 11) is -0.478. The number of sulfonamides is 1. The largest absolute Gasteiger partial charge is 0.454 e. The maximum atomic E-state index is 13.1. The van der Waals surface area contributed by atoms with E-state index in [1.165, 1.54) is 18.4 Å². The number of aromatic nitrogens is 1. The molecule has 172 valence electrons. The molecule has 2 aliphatic rings. The summed E-state index contributed by atoms with van der Waals surface area (Å²) < 4.78 is 36.5. The molecule has 0 radical (unpaired) electrons. The molecular weight excluding hydrogens is 442 g/mol. The Balaban J connectivity index is 0.00000274. The van der Waals surface area contributed by atoms with Crippen LogP contribution in [0.5, 0.6) is 11.5 Å². The third kappa shape index (κ3) is 3.83. The van der Waals surface area contributed by atoms with Crippen LogP contribution in [0, 0.1) is 0 Å². The molecule has 0 saturated heterocycles. The summed E-state index contributed by atoms with van der Waals surface area (Å²) in [5.41, 5.74) is 1.99. The fraction of sp³-hybridized carbons (Fsp3) is 0.250. The first-order chi connectivity index (χ1) is 15.8. The molecule has 1 aromatic heterocycles. The van der Waals surface area contributed by atoms with Crippen molar-refractivity contribution in [2.75, 3.05) is 26.2 Å². The van der Waals surface area contributed by atoms with E-state index in [9.17, 15) is 13.2 Å². The third-order valence-electron chi connectivity index (χ3n) is 6.08. The van der Waals surface area contributed by atoms with Crippen molar-refractivity contribution in [1.82, 2.24) is 9.29 Å². The lowest BCUT2D eigenvalue weighted by molar-refractivity contribution is -0.118. The second-order valence-electron chi connectivity index (χ2n) is 8.35. The van der Waals surface area contributed by atoms with Crippen LogP contribution in [0.3, 0.4) is 0 Å². The van der Waals surface area contributed by atoms with Crippen LogP contribution in [0.25, 0.3) is 11.1 Å². The number of benzene rings is 2. The number of ether oxygens (including phenoxy) is 2. The van der Waals surface area contributed by atoms with E-state index in [1.807, 2.05) is 24.3 Å². The van der Waals surface area contributed by atoms with E-state index in [4.69, 9.17) is 9.47 Å². The van der Waals surface area contributed by atoms with Crippen molar-refractivity contribution in [3.05, 3.63) is 66.4 Å². The number of anilines is 1. The summed E-state index contributed by atoms with van der Waals surface area (Å²) >= 11 is 0. The van der Waals surface area contributed by atoms with Gasteiger partial charge < -0.3 is 14.8 Å². The number of nitrogens with zero attached hydrogens (tertiary/aromatic N) is 2. The number of fused-ring (bicyclic) bond motifs is 1. The molecule has 1 amide bonds. The van der Waals surface area contributed by atoms with E-state index in [2.05, 4.69) is 10.3 Å². The molecule has 0 spiro atoms. The molecule has 33 heavy (non-hydrogen) atoms. The average molecular weight is 468 g/mol. The summed E-state index contributed by atoms with van der Waals surface area (Å²) in [6.45, 7) is 0.197. The first-order valence-corrected chi connectivity index (χ1v) is 11.9. The van der Waals surface area contributed by atoms with Gasteiger partial charge in [-0.2, -0.15) is 0 Å². The number of pyridine rings is 1. The molecule has 5 rings (SSSR count). The van der Waals surface area contributed by atoms with Gasteiger partial charge in [0.1, 0.15) is 5.82 Å². The minimum absolute atomic E-state index is 0. The van der Waals surface area contributed by atoms with E-state index in [-0.39, 0.29) is 19.0 Å². The van der Waals surface area contributed by atoms with Gasteiger partial charge in [-0.15, -0.1) is 0 Å². The van der Waals surface area contributed by atoms with Crippen LogP contribution in [0.4, 0.5) is 5.82 Å². The highest BCUT2D eigenvalue weighted by Gasteiger charge is 2.51. The fourth-order valence-electron chi connectivity index (χ4n) is 3.87. The van der Waals surface area contributed by atoms with Crippen molar-refractivity contribution in [2.24, 2.45) is 0 Å². The predicted molar refractivity (Wildman–Crippen MR) is 125 cm³/mol. The number of hydrogen-bond acceptors (Lipinski definition) is 6. The molecule has 2 heterocycles. The summed E-state index contributed by atoms with van der Waals surface area (Å²) in [6, 6.07) is 15.8. The molecule has 1 saturated carbocycles. The number of rotatable bonds is 6. The van der Waals surface area contributed by atoms with E-state index in [0.29, 0.717) is 17.3 Å². The van der Waals surface area contributed by atoms with Crippen LogP contribution in [-0.4, -0.2) is 44.5 Å². The normalized spacial score (nSPS) is 16.0. The summed E-state index contributed by atoms with van der Waals surface area (Å²) in [5, 5.41) is 2.92. The van der Waals surface area contributed by atoms with Crippen LogP contribution >= 0.6 is 0 Å². The maximum Gasteiger partial charge on any atom is 0.242 e. The Morgan fingerprint density at radius 2 is 1.70 bits per heavy atom. The molecular formula is C24H25N3O5S. The minimum atomic E-state index is -3.48. The molecule has 0 bridgehead atoms. The number of amides is 1. The van der Waals surface area contributed by atoms with Crippen molar-refractivity contribution >= 4 is 21.7 Å². The zero-order valence-electron chi connectivity index (χ0n) is 18.2. The average Bonchev–Trinajstić information content (AvgIpc) is 3.50. The Hall–Kier alpha value is -3.43. The van der Waals surface area contributed by atoms with Gasteiger partial charge in [-0.1, -0.05) is 18.2 Å². The molecule has 0 atom stereocenters. The number of carbonyl (C=O) groups excluding carboxylic acids is 1. The highest BCUT2D eigenvalue weighted by molar-refractivity contribution is 7.89. The van der Waals surface area contributed by atoms with Gasteiger partial charge in [-0.05, 0) is 60.4 Å². The van der Waals surface area contributed by atoms with Crippen molar-refractivity contribution in [3.63, 3.8) is 0 Å². The second kappa shape index (κ2) is 7.86. The lowest BCUT2D eigenvalue weighted by atomic mass is 9.94. The standard InChI is InChI=1S/C24H23N3O5S.H2/c1-27(2)33(29,30)19-7-3-16(4-8-19)17-5-10-22(25-14-17)26-23(28)24(11-12-24)18-6-9-20-21(13-18)32-15-31-20;/h3-10,13-14H,11-12,15H2,1-2H3,(H,25,26,28);1H. The van der Waals surface area contributed by atoms with Gasteiger partial charge in [0, 0.05) is 27.3 Å². The Morgan fingerprint density at radius 3 is 2.33 bits per heavy atom. The molecule has 9 heteroatoms. The van der Waals surface area contributed by atoms with Crippen LogP contribution in [0.2, 0.25) is 0 Å². The van der Waals surface area contributed by atoms with Gasteiger partial charge in [-0.25, -0.2) is 17.7 Å². The Bertz CT molecular complexity index is 1320. The molecule has 2 aromatic carbocycles. The van der Waals surface area contributed by atoms with Crippen LogP contribution in [0.1, 0.15) is 19.8 Å². The lowest BCUT2D eigenvalue weighted by Crippen LogP contribution is -2.28. The predicted octanol–water partition coefficient (Wildman–Crippen LogP) is 3.64. The summed E-state index contributed by atoms with van der Waals surface area (Å²) in [4.78, 5) is 17.7. The van der Waals surface area contributed by atoms with Gasteiger partial charge in [-0.3, -0.25) is 4.79 Å². The summed E-state index contributed by atoms with van der Waals surface area (Å²) in [6.07, 6.45) is 3.18. The first-order valence-electron chi connectivity index (χ1n) is 10.5. The third-order valence-corrected chi connectivity index (χ3v) is 7.91. The minimum Gasteiger partial charge on any atom is -0.454 e. The molecule has 3 aromatic rings. The van der Waals surface area contributed by atoms with Crippen molar-refractivity contribution < 1.29 is 24.1 Å². The Kier molecular flexibility index (Phi) is 5.10. The van der Waals surface area contributed by atoms with Crippen molar-refractivity contribution in [3.8, 4) is 22.6 Å². The smallest absolute Gasteiger partial charge is 0.242 e. The second-order valence-corrected chi connectivity index (χ2v) is 10.5. The van der Waals surface area contributed by atoms with E-state index < -0.39 is 15.4 Å². The first kappa shape index (κ1) is 21.4. The quantitative estimate of drug-likeness (QED) is 0.594. The van der Waals surface area contributed by atoms with Gasteiger partial charge in [0.05, 0.1) is 10.3 Å². The molecule has 8 nitrogen and oxygen atoms in total. The van der Waals surface area contributed by atoms with Gasteiger partial charge in [0.25, 0.3) is 0 Å². The summed E-state index contributed by atoms with van der Waals surface area (Å²) in [5.74, 6) is 1.72. The zero-order chi connectivity index (χ0) is 23.2. The zero-order valence-corrected chi connectivity index (χ0v) is 19.1. The maximum absolute atomic E-state index is 13.1. The lowest BCUT2D eigenvalue weighted by Gasteiger charge is -2.16. The van der Waals surface area contributed by atoms with Gasteiger partial charge >= 0.3 is 0 Å². The number of carbonyl (C=O) groups is 1. The van der Waals surface area contributed by atoms with E-state index in [0.717, 1.165) is 29.5 Å². The SMILES string of the molecule is CN(C)S(=O)(=O)c1ccc(-c2ccc(NC(=O)C3(c4ccc5c(c4)OCO5)CC3)nc2)cc1.[HH]. The highest BCUT2D eigenvalue weighted by Crippen LogP contribution is 2.51. The van der Waals surface area contributed by atoms with Crippen molar-refractivity contribution in [2.45, 2.75) is 23.2 Å². The topological polar surface area (TPSA) is 97.8 Å². The number of hydrogen-bond donors (Lipinski definition) is 1. The molecule has 0 unspecified atom stereocenters. The highest BCUT2D eigenvalue weighted by atomic mass is 32.2. The van der Waals surface area contributed by atoms with Gasteiger partial charge in [0.15, 0.2) is 11.5 Å². The molecule has 1 fully saturated rings. The van der Waals surface area contributed by atoms with E-state index in [1.54, 1.807) is 36.5 Å². The molecule has 1 aliphatic carbocycles. The number of nitrogens with one attached hydrogen (secondary N) is 1. The molecule has 1 N–H and O–H groups in total. The van der Waals surface area contributed by atoms with Crippen LogP contribution in [0.15, 0.2) is 65.7 Å². The monoisotopic (exact) mass is 467 g/mol. The van der Waals surface area contributed by atoms with Crippen LogP contribution in [-0.2, 0) is 20.2 Å². The van der Waals surface area contributed by atoms with Gasteiger partial charge in [0.2, 0.25) is 22.7 Å². The van der Waals surface area contributed by atoms with E-state index >= 15 is 0 Å². The van der Waals surface area contributed by atoms with Crippen LogP contribution < -0.4 is 14.8 Å². The Labute approximate surface area is 193 Å².